The van der Waals surface area contributed by atoms with Gasteiger partial charge in [0.05, 0.1) is 5.70 Å². The number of allylic oxidation sites excluding steroid dienone is 2. The van der Waals surface area contributed by atoms with Gasteiger partial charge < -0.3 is 0 Å². The van der Waals surface area contributed by atoms with Gasteiger partial charge in [0.1, 0.15) is 0 Å². The first-order chi connectivity index (χ1) is 8.81. The van der Waals surface area contributed by atoms with Gasteiger partial charge >= 0.3 is 0 Å². The lowest BCUT2D eigenvalue weighted by atomic mass is 10.0. The van der Waals surface area contributed by atoms with Crippen LogP contribution in [0.1, 0.15) is 11.1 Å². The van der Waals surface area contributed by atoms with Crippen LogP contribution in [0.2, 0.25) is 0 Å². The third kappa shape index (κ3) is 2.83. The number of hydrogen-bond donors (Lipinski definition) is 0. The third-order valence-corrected chi connectivity index (χ3v) is 2.70. The maximum Gasteiger partial charge on any atom is 0.0700 e. The predicted octanol–water partition coefficient (Wildman–Crippen LogP) is 4.44. The van der Waals surface area contributed by atoms with Crippen molar-refractivity contribution in [2.75, 3.05) is 0 Å². The van der Waals surface area contributed by atoms with Crippen molar-refractivity contribution in [2.45, 2.75) is 0 Å². The highest BCUT2D eigenvalue weighted by atomic mass is 14.7. The van der Waals surface area contributed by atoms with Crippen LogP contribution in [0.15, 0.2) is 78.3 Å². The highest BCUT2D eigenvalue weighted by Gasteiger charge is 2.00. The molecule has 0 aromatic heterocycles. The Hall–Kier alpha value is -2.41. The number of nitrogens with zero attached hydrogens (tertiary/aromatic N) is 1. The van der Waals surface area contributed by atoms with Gasteiger partial charge in [-0.15, -0.1) is 0 Å². The lowest BCUT2D eigenvalue weighted by molar-refractivity contribution is 1.52. The maximum atomic E-state index is 4.07. The SMILES string of the molecule is C=N/C(=C\C(=C)c1ccccc1)c1ccccc1. The number of rotatable bonds is 4. The molecule has 2 aromatic rings. The molecular formula is C17H15N. The molecule has 0 N–H and O–H groups in total. The van der Waals surface area contributed by atoms with E-state index >= 15 is 0 Å². The first kappa shape index (κ1) is 12.1. The lowest BCUT2D eigenvalue weighted by Crippen LogP contribution is -1.83. The van der Waals surface area contributed by atoms with Gasteiger partial charge in [-0.1, -0.05) is 67.2 Å². The molecule has 0 saturated heterocycles. The van der Waals surface area contributed by atoms with Crippen LogP contribution in [0.25, 0.3) is 11.3 Å². The predicted molar refractivity (Wildman–Crippen MR) is 79.4 cm³/mol. The van der Waals surface area contributed by atoms with E-state index in [0.717, 1.165) is 22.4 Å². The molecule has 0 aliphatic rings. The quantitative estimate of drug-likeness (QED) is 0.547. The van der Waals surface area contributed by atoms with E-state index in [1.807, 2.05) is 66.7 Å². The van der Waals surface area contributed by atoms with Crippen LogP contribution in [-0.2, 0) is 0 Å². The molecule has 1 heteroatoms. The zero-order valence-electron chi connectivity index (χ0n) is 10.2. The van der Waals surface area contributed by atoms with Crippen LogP contribution in [0.3, 0.4) is 0 Å². The molecule has 1 nitrogen and oxygen atoms in total. The molecule has 0 bridgehead atoms. The fourth-order valence-corrected chi connectivity index (χ4v) is 1.73. The van der Waals surface area contributed by atoms with E-state index in [2.05, 4.69) is 18.3 Å². The number of hydrogen-bond acceptors (Lipinski definition) is 1. The smallest absolute Gasteiger partial charge is 0.0700 e. The maximum absolute atomic E-state index is 4.07. The van der Waals surface area contributed by atoms with E-state index in [1.54, 1.807) is 0 Å². The van der Waals surface area contributed by atoms with Crippen molar-refractivity contribution >= 4 is 18.0 Å². The normalized spacial score (nSPS) is 11.0. The molecule has 18 heavy (non-hydrogen) atoms. The average Bonchev–Trinajstić information content (AvgIpc) is 2.46. The van der Waals surface area contributed by atoms with Gasteiger partial charge in [-0.3, -0.25) is 4.99 Å². The summed E-state index contributed by atoms with van der Waals surface area (Å²) in [6.45, 7) is 7.70. The topological polar surface area (TPSA) is 12.4 Å². The Morgan fingerprint density at radius 2 is 1.33 bits per heavy atom. The molecule has 0 amide bonds. The summed E-state index contributed by atoms with van der Waals surface area (Å²) in [6, 6.07) is 20.0. The summed E-state index contributed by atoms with van der Waals surface area (Å²) < 4.78 is 0. The standard InChI is InChI=1S/C17H15N/c1-14(15-9-5-3-6-10-15)13-17(18-2)16-11-7-4-8-12-16/h3-13H,1-2H2/b17-13-. The zero-order valence-corrected chi connectivity index (χ0v) is 10.2. The summed E-state index contributed by atoms with van der Waals surface area (Å²) in [5.74, 6) is 0. The van der Waals surface area contributed by atoms with Crippen molar-refractivity contribution in [3.63, 3.8) is 0 Å². The highest BCUT2D eigenvalue weighted by Crippen LogP contribution is 2.21. The zero-order chi connectivity index (χ0) is 12.8. The molecule has 0 saturated carbocycles. The van der Waals surface area contributed by atoms with Crippen molar-refractivity contribution in [3.05, 3.63) is 84.4 Å². The highest BCUT2D eigenvalue weighted by molar-refractivity contribution is 5.83. The van der Waals surface area contributed by atoms with Gasteiger partial charge in [0, 0.05) is 5.56 Å². The van der Waals surface area contributed by atoms with Crippen LogP contribution in [0.5, 0.6) is 0 Å². The summed E-state index contributed by atoms with van der Waals surface area (Å²) >= 11 is 0. The van der Waals surface area contributed by atoms with Crippen LogP contribution >= 0.6 is 0 Å². The Bertz CT molecular complexity index is 565. The van der Waals surface area contributed by atoms with Gasteiger partial charge in [-0.05, 0) is 23.9 Å². The second-order valence-corrected chi connectivity index (χ2v) is 3.94. The molecule has 88 valence electrons. The van der Waals surface area contributed by atoms with Gasteiger partial charge in [-0.25, -0.2) is 0 Å². The molecule has 0 unspecified atom stereocenters. The van der Waals surface area contributed by atoms with E-state index in [4.69, 9.17) is 0 Å². The van der Waals surface area contributed by atoms with Crippen molar-refractivity contribution in [1.29, 1.82) is 0 Å². The molecule has 0 atom stereocenters. The van der Waals surface area contributed by atoms with Crippen molar-refractivity contribution < 1.29 is 0 Å². The minimum Gasteiger partial charge on any atom is -0.264 e. The fourth-order valence-electron chi connectivity index (χ4n) is 1.73. The Kier molecular flexibility index (Phi) is 3.87. The number of aliphatic imine (C=N–C) groups is 1. The molecule has 0 heterocycles. The fraction of sp³-hybridized carbons (Fsp3) is 0. The Balaban J connectivity index is 2.32. The van der Waals surface area contributed by atoms with Gasteiger partial charge in [0.25, 0.3) is 0 Å². The molecule has 0 aliphatic heterocycles. The third-order valence-electron chi connectivity index (χ3n) is 2.70. The Morgan fingerprint density at radius 1 is 0.833 bits per heavy atom. The summed E-state index contributed by atoms with van der Waals surface area (Å²) in [7, 11) is 0. The Morgan fingerprint density at radius 3 is 1.83 bits per heavy atom. The van der Waals surface area contributed by atoms with Crippen LogP contribution < -0.4 is 0 Å². The van der Waals surface area contributed by atoms with Crippen LogP contribution in [-0.4, -0.2) is 6.72 Å². The largest absolute Gasteiger partial charge is 0.264 e. The first-order valence-electron chi connectivity index (χ1n) is 5.79. The van der Waals surface area contributed by atoms with Crippen molar-refractivity contribution in [2.24, 2.45) is 4.99 Å². The molecule has 0 radical (unpaired) electrons. The van der Waals surface area contributed by atoms with E-state index in [-0.39, 0.29) is 0 Å². The summed E-state index contributed by atoms with van der Waals surface area (Å²) in [5.41, 5.74) is 3.91. The van der Waals surface area contributed by atoms with Gasteiger partial charge in [0.15, 0.2) is 0 Å². The number of benzene rings is 2. The van der Waals surface area contributed by atoms with E-state index in [0.29, 0.717) is 0 Å². The summed E-state index contributed by atoms with van der Waals surface area (Å²) in [4.78, 5) is 4.07. The molecule has 0 fully saturated rings. The minimum absolute atomic E-state index is 0.837. The molecule has 0 spiro atoms. The molecule has 2 rings (SSSR count). The van der Waals surface area contributed by atoms with E-state index in [1.165, 1.54) is 0 Å². The average molecular weight is 233 g/mol. The van der Waals surface area contributed by atoms with Gasteiger partial charge in [0.2, 0.25) is 0 Å². The van der Waals surface area contributed by atoms with Crippen LogP contribution in [0, 0.1) is 0 Å². The van der Waals surface area contributed by atoms with Crippen LogP contribution in [0.4, 0.5) is 0 Å². The second kappa shape index (κ2) is 5.78. The molecule has 0 aliphatic carbocycles. The van der Waals surface area contributed by atoms with Gasteiger partial charge in [-0.2, -0.15) is 0 Å². The molecular weight excluding hydrogens is 218 g/mol. The first-order valence-corrected chi connectivity index (χ1v) is 5.79. The second-order valence-electron chi connectivity index (χ2n) is 3.94. The van der Waals surface area contributed by atoms with E-state index in [9.17, 15) is 0 Å². The van der Waals surface area contributed by atoms with Crippen molar-refractivity contribution in [1.82, 2.24) is 0 Å². The van der Waals surface area contributed by atoms with E-state index < -0.39 is 0 Å². The molecule has 2 aromatic carbocycles. The Labute approximate surface area is 108 Å². The summed E-state index contributed by atoms with van der Waals surface area (Å²) in [6.07, 6.45) is 1.96. The lowest BCUT2D eigenvalue weighted by Gasteiger charge is -2.04. The van der Waals surface area contributed by atoms with Crippen molar-refractivity contribution in [3.8, 4) is 0 Å². The monoisotopic (exact) mass is 233 g/mol. The summed E-state index contributed by atoms with van der Waals surface area (Å²) in [5, 5.41) is 0. The minimum atomic E-state index is 0.837.